The van der Waals surface area contributed by atoms with Crippen LogP contribution in [0, 0.1) is 112 Å². The number of hydrogen-bond acceptors (Lipinski definition) is 19. The minimum absolute atomic E-state index is 0. The normalized spacial score (nSPS) is 15.1. The van der Waals surface area contributed by atoms with Gasteiger partial charge in [-0.1, -0.05) is 215 Å². The van der Waals surface area contributed by atoms with Crippen molar-refractivity contribution < 1.29 is 93.6 Å². The monoisotopic (exact) mass is 1520 g/mol. The van der Waals surface area contributed by atoms with Gasteiger partial charge in [-0.2, -0.15) is 0 Å². The average Bonchev–Trinajstić information content (AvgIpc) is 0.979. The van der Waals surface area contributed by atoms with Crippen LogP contribution < -0.4 is 57.3 Å². The van der Waals surface area contributed by atoms with Crippen molar-refractivity contribution in [1.82, 2.24) is 0 Å². The molecule has 0 spiro atoms. The zero-order valence-corrected chi connectivity index (χ0v) is 70.2. The summed E-state index contributed by atoms with van der Waals surface area (Å²) < 4.78 is 0. The summed E-state index contributed by atoms with van der Waals surface area (Å²) in [6.07, 6.45) is -4.78. The second-order valence-electron chi connectivity index (χ2n) is 31.3. The molecule has 29 heteroatoms. The van der Waals surface area contributed by atoms with E-state index in [9.17, 15) is 57.8 Å². The fourth-order valence-electron chi connectivity index (χ4n) is 6.58. The minimum atomic E-state index is -1.00. The summed E-state index contributed by atoms with van der Waals surface area (Å²) in [5.41, 5.74) is 48.9. The molecule has 105 heavy (non-hydrogen) atoms. The number of aliphatic hydroxyl groups excluding tert-OH is 8. The Hall–Kier alpha value is -5.95. The number of primary amides is 10. The van der Waals surface area contributed by atoms with Crippen LogP contribution in [0.1, 0.15) is 261 Å². The van der Waals surface area contributed by atoms with Crippen LogP contribution in [0.3, 0.4) is 0 Å². The minimum Gasteiger partial charge on any atom is -0.385 e. The van der Waals surface area contributed by atoms with Crippen LogP contribution in [0.4, 0.5) is 0 Å². The molecule has 0 bridgehead atoms. The highest BCUT2D eigenvalue weighted by molar-refractivity contribution is 5.82. The van der Waals surface area contributed by atoms with E-state index in [-0.39, 0.29) is 84.2 Å². The van der Waals surface area contributed by atoms with E-state index in [0.717, 1.165) is 0 Å². The van der Waals surface area contributed by atoms with Crippen LogP contribution in [0.15, 0.2) is 0 Å². The molecular weight excluding hydrogens is 1360 g/mol. The Morgan fingerprint density at radius 3 is 0.400 bits per heavy atom. The molecule has 0 aliphatic rings. The van der Waals surface area contributed by atoms with Crippen molar-refractivity contribution in [2.75, 3.05) is 0 Å². The van der Waals surface area contributed by atoms with Crippen LogP contribution in [0.25, 0.3) is 0 Å². The fraction of sp³-hybridized carbons (Fsp3) is 0.855. The van der Waals surface area contributed by atoms with Gasteiger partial charge in [0, 0.05) is 19.3 Å². The Labute approximate surface area is 635 Å². The van der Waals surface area contributed by atoms with E-state index >= 15 is 0 Å². The van der Waals surface area contributed by atoms with Gasteiger partial charge in [-0.3, -0.25) is 52.7 Å². The van der Waals surface area contributed by atoms with Crippen molar-refractivity contribution in [2.24, 2.45) is 170 Å². The Kier molecular flexibility index (Phi) is 85.0. The Balaban J connectivity index is -0.0000000906. The standard InChI is InChI=1S/C8H16O2.4C7H15NO2.3C7H15NO.3C6H13NO2.CH4/c1-5(2)6(3)8(10)7(4)9;4*1-4(2)5(3)6(9)7(8)10;3*1-5(2)6(3)4-7(8)9;3*1-4(2)3-5(8)6(7)9;/h5-6,8,10H,1-4H3;4*4-6,9H,1-3H3,(H2,8,10);3*5-6H,4H2,1-3H3,(H2,8,9);3*4-5,8H,3H2,1-2H3,(H2,7,9);1H4/t6-,8-;2*5-,6+;5-,6-;;2*6-;;2*5-;;/m1100.10.10../s1. The lowest BCUT2D eigenvalue weighted by Crippen LogP contribution is -2.36. The Morgan fingerprint density at radius 1 is 0.229 bits per heavy atom. The van der Waals surface area contributed by atoms with Crippen molar-refractivity contribution >= 4 is 64.9 Å². The number of ketones is 1. The maximum absolute atomic E-state index is 10.6. The van der Waals surface area contributed by atoms with Crippen LogP contribution >= 0.6 is 0 Å². The Morgan fingerprint density at radius 2 is 0.362 bits per heavy atom. The van der Waals surface area contributed by atoms with E-state index in [1.165, 1.54) is 6.92 Å². The maximum Gasteiger partial charge on any atom is 0.246 e. The second-order valence-corrected chi connectivity index (χ2v) is 31.3. The van der Waals surface area contributed by atoms with Crippen LogP contribution in [0.5, 0.6) is 0 Å². The highest BCUT2D eigenvalue weighted by Crippen LogP contribution is 2.19. The number of carbonyl (C=O) groups excluding carboxylic acids is 11. The van der Waals surface area contributed by atoms with Gasteiger partial charge in [0.2, 0.25) is 59.1 Å². The summed E-state index contributed by atoms with van der Waals surface area (Å²) in [5.74, 6) is -0.0189. The first kappa shape index (κ1) is 126. The SMILES string of the molecule is C.CC(=O)[C@H](O)[C@H](C)C(C)C.CC(C)C(C)C(O)C(N)=O.CC(C)C(C)CC(N)=O.CC(C)CC(O)C(N)=O.CC(C)C[C@@H](O)C(N)=O.CC(C)C[C@H](O)C(N)=O.CC(C)[C@@H](C)CC(N)=O.CC(C)[C@@H](C)[C@H](O)C(N)=O.CC(C)[C@H](C)CC(N)=O.CC(C)[C@H](C)[C@@H](O)C(N)=O.CC(C)[C@H](C)[C@H](O)C(N)=O. The molecular formula is C76H164N10O19. The summed E-state index contributed by atoms with van der Waals surface area (Å²) in [6, 6.07) is 0. The smallest absolute Gasteiger partial charge is 0.246 e. The zero-order valence-electron chi connectivity index (χ0n) is 70.2. The summed E-state index contributed by atoms with van der Waals surface area (Å²) in [7, 11) is 0. The predicted octanol–water partition coefficient (Wildman–Crippen LogP) is 5.46. The van der Waals surface area contributed by atoms with Gasteiger partial charge in [0.1, 0.15) is 48.8 Å². The number of amides is 10. The molecule has 0 aliphatic heterocycles. The third-order valence-electron chi connectivity index (χ3n) is 17.4. The molecule has 0 aliphatic carbocycles. The Bertz CT molecular complexity index is 1970. The summed E-state index contributed by atoms with van der Waals surface area (Å²) in [6.45, 7) is 60.2. The third-order valence-corrected chi connectivity index (χ3v) is 17.4. The van der Waals surface area contributed by atoms with Crippen molar-refractivity contribution in [3.05, 3.63) is 0 Å². The third kappa shape index (κ3) is 86.9. The van der Waals surface area contributed by atoms with Crippen LogP contribution in [-0.2, 0) is 52.7 Å². The number of nitrogens with two attached hydrogens (primary N) is 10. The fourth-order valence-corrected chi connectivity index (χ4v) is 6.58. The zero-order chi connectivity index (χ0) is 86.2. The topological polar surface area (TPSA) is 610 Å². The molecule has 0 radical (unpaired) electrons. The summed E-state index contributed by atoms with van der Waals surface area (Å²) in [5, 5.41) is 72.0. The van der Waals surface area contributed by atoms with Gasteiger partial charge in [-0.25, -0.2) is 0 Å². The molecule has 4 unspecified atom stereocenters. The molecule has 0 aromatic heterocycles. The predicted molar refractivity (Wildman–Crippen MR) is 422 cm³/mol. The molecule has 0 rings (SSSR count). The molecule has 0 aromatic carbocycles. The molecule has 0 saturated carbocycles. The first-order valence-corrected chi connectivity index (χ1v) is 36.4. The second kappa shape index (κ2) is 71.0. The lowest BCUT2D eigenvalue weighted by atomic mass is 9.90. The molecule has 29 nitrogen and oxygen atoms in total. The number of Topliss-reactive ketones (excluding diaryl/α,β-unsaturated/α-hetero) is 1. The molecule has 10 amide bonds. The van der Waals surface area contributed by atoms with Gasteiger partial charge >= 0.3 is 0 Å². The highest BCUT2D eigenvalue weighted by Gasteiger charge is 2.26. The van der Waals surface area contributed by atoms with Gasteiger partial charge in [0.05, 0.1) is 0 Å². The molecule has 0 saturated heterocycles. The maximum atomic E-state index is 10.6. The largest absolute Gasteiger partial charge is 0.385 e. The van der Waals surface area contributed by atoms with Crippen LogP contribution in [0.2, 0.25) is 0 Å². The van der Waals surface area contributed by atoms with Gasteiger partial charge in [0.25, 0.3) is 0 Å². The van der Waals surface area contributed by atoms with E-state index in [2.05, 4.69) is 41.5 Å². The van der Waals surface area contributed by atoms with E-state index in [0.29, 0.717) is 97.7 Å². The van der Waals surface area contributed by atoms with Crippen molar-refractivity contribution in [3.8, 4) is 0 Å². The van der Waals surface area contributed by atoms with Gasteiger partial charge in [-0.05, 0) is 139 Å². The van der Waals surface area contributed by atoms with E-state index in [1.54, 1.807) is 27.7 Å². The van der Waals surface area contributed by atoms with Crippen molar-refractivity contribution in [2.45, 2.75) is 309 Å². The number of aliphatic hydroxyl groups is 8. The molecule has 0 fully saturated rings. The van der Waals surface area contributed by atoms with Crippen molar-refractivity contribution in [1.29, 1.82) is 0 Å². The molecule has 632 valence electrons. The highest BCUT2D eigenvalue weighted by atomic mass is 16.3. The van der Waals surface area contributed by atoms with Gasteiger partial charge in [0.15, 0.2) is 5.78 Å². The number of hydrogen-bond donors (Lipinski definition) is 18. The van der Waals surface area contributed by atoms with E-state index < -0.39 is 90.2 Å². The molecule has 0 heterocycles. The average molecular weight is 1520 g/mol. The first-order valence-electron chi connectivity index (χ1n) is 36.4. The molecule has 0 aromatic rings. The van der Waals surface area contributed by atoms with Gasteiger partial charge < -0.3 is 98.2 Å². The van der Waals surface area contributed by atoms with Gasteiger partial charge in [-0.15, -0.1) is 0 Å². The summed E-state index contributed by atoms with van der Waals surface area (Å²) >= 11 is 0. The number of carbonyl (C=O) groups is 11. The van der Waals surface area contributed by atoms with Crippen molar-refractivity contribution in [3.63, 3.8) is 0 Å². The van der Waals surface area contributed by atoms with E-state index in [1.807, 2.05) is 138 Å². The quantitative estimate of drug-likeness (QED) is 0.0388. The summed E-state index contributed by atoms with van der Waals surface area (Å²) in [4.78, 5) is 114. The van der Waals surface area contributed by atoms with E-state index in [4.69, 9.17) is 93.1 Å². The molecule has 16 atom stereocenters. The first-order chi connectivity index (χ1) is 46.5. The lowest BCUT2D eigenvalue weighted by Gasteiger charge is -2.19. The lowest BCUT2D eigenvalue weighted by molar-refractivity contribution is -0.129. The van der Waals surface area contributed by atoms with Crippen LogP contribution in [-0.4, -0.2) is 155 Å². The number of rotatable bonds is 33. The molecule has 28 N–H and O–H groups in total.